The molecule has 1 fully saturated rings. The number of benzene rings is 1. The molecule has 0 radical (unpaired) electrons. The van der Waals surface area contributed by atoms with E-state index in [-0.39, 0.29) is 11.9 Å². The van der Waals surface area contributed by atoms with Crippen LogP contribution in [0.5, 0.6) is 0 Å². The fraction of sp³-hybridized carbons (Fsp3) is 0.588. The molecular weight excluding hydrogens is 300 g/mol. The Morgan fingerprint density at radius 3 is 2.35 bits per heavy atom. The van der Waals surface area contributed by atoms with Gasteiger partial charge in [-0.1, -0.05) is 19.9 Å². The molecule has 1 aromatic carbocycles. The predicted molar refractivity (Wildman–Crippen MR) is 85.8 cm³/mol. The fourth-order valence-electron chi connectivity index (χ4n) is 3.11. The van der Waals surface area contributed by atoms with Crippen molar-refractivity contribution in [3.8, 4) is 0 Å². The fourth-order valence-corrected chi connectivity index (χ4v) is 3.11. The van der Waals surface area contributed by atoms with Crippen LogP contribution in [0.15, 0.2) is 18.2 Å². The van der Waals surface area contributed by atoms with Gasteiger partial charge in [-0.2, -0.15) is 0 Å². The first-order valence-corrected chi connectivity index (χ1v) is 8.21. The molecule has 6 heteroatoms. The van der Waals surface area contributed by atoms with Crippen molar-refractivity contribution in [1.82, 2.24) is 9.80 Å². The summed E-state index contributed by atoms with van der Waals surface area (Å²) in [6, 6.07) is 3.19. The van der Waals surface area contributed by atoms with Crippen LogP contribution in [-0.2, 0) is 4.79 Å². The maximum Gasteiger partial charge on any atom is 0.239 e. The average Bonchev–Trinajstić information content (AvgIpc) is 2.56. The van der Waals surface area contributed by atoms with Gasteiger partial charge in [0, 0.05) is 43.9 Å². The Labute approximate surface area is 136 Å². The molecule has 1 unspecified atom stereocenters. The third-order valence-electron chi connectivity index (χ3n) is 4.53. The van der Waals surface area contributed by atoms with Gasteiger partial charge in [0.15, 0.2) is 0 Å². The number of amides is 1. The van der Waals surface area contributed by atoms with Gasteiger partial charge in [0.1, 0.15) is 11.6 Å². The highest BCUT2D eigenvalue weighted by Gasteiger charge is 2.29. The van der Waals surface area contributed by atoms with E-state index in [4.69, 9.17) is 5.73 Å². The van der Waals surface area contributed by atoms with Crippen LogP contribution in [0.25, 0.3) is 0 Å². The molecule has 1 aromatic rings. The van der Waals surface area contributed by atoms with E-state index in [1.165, 1.54) is 12.1 Å². The van der Waals surface area contributed by atoms with Gasteiger partial charge >= 0.3 is 0 Å². The zero-order valence-corrected chi connectivity index (χ0v) is 13.8. The quantitative estimate of drug-likeness (QED) is 0.904. The number of hydrogen-bond acceptors (Lipinski definition) is 3. The minimum atomic E-state index is -0.565. The molecule has 0 aromatic heterocycles. The van der Waals surface area contributed by atoms with Crippen molar-refractivity contribution >= 4 is 5.91 Å². The molecule has 4 nitrogen and oxygen atoms in total. The first-order valence-electron chi connectivity index (χ1n) is 8.21. The van der Waals surface area contributed by atoms with Crippen LogP contribution < -0.4 is 5.73 Å². The third-order valence-corrected chi connectivity index (χ3v) is 4.53. The normalized spacial score (nSPS) is 18.7. The lowest BCUT2D eigenvalue weighted by molar-refractivity contribution is -0.134. The Bertz CT molecular complexity index is 545. The molecule has 1 aliphatic rings. The van der Waals surface area contributed by atoms with Crippen LogP contribution in [-0.4, -0.2) is 47.9 Å². The summed E-state index contributed by atoms with van der Waals surface area (Å²) in [5.41, 5.74) is 6.32. The molecule has 0 saturated carbocycles. The Morgan fingerprint density at radius 2 is 1.83 bits per heavy atom. The van der Waals surface area contributed by atoms with Crippen molar-refractivity contribution in [2.45, 2.75) is 38.8 Å². The highest BCUT2D eigenvalue weighted by Crippen LogP contribution is 2.28. The van der Waals surface area contributed by atoms with E-state index < -0.39 is 17.7 Å². The van der Waals surface area contributed by atoms with Crippen LogP contribution in [0.3, 0.4) is 0 Å². The SMILES string of the molecule is CCC(c1ccc(F)cc1F)N1CCN(C(=O)[C@@H](N)CC)CC1. The smallest absolute Gasteiger partial charge is 0.239 e. The molecule has 0 spiro atoms. The summed E-state index contributed by atoms with van der Waals surface area (Å²) in [5, 5.41) is 0. The zero-order chi connectivity index (χ0) is 17.0. The van der Waals surface area contributed by atoms with E-state index >= 15 is 0 Å². The van der Waals surface area contributed by atoms with E-state index in [9.17, 15) is 13.6 Å². The summed E-state index contributed by atoms with van der Waals surface area (Å²) in [6.45, 7) is 6.38. The van der Waals surface area contributed by atoms with Crippen LogP contribution in [0.1, 0.15) is 38.3 Å². The van der Waals surface area contributed by atoms with Crippen molar-refractivity contribution in [3.63, 3.8) is 0 Å². The van der Waals surface area contributed by atoms with Gasteiger partial charge in [-0.15, -0.1) is 0 Å². The molecule has 1 heterocycles. The second-order valence-electron chi connectivity index (χ2n) is 5.97. The number of rotatable bonds is 5. The maximum absolute atomic E-state index is 14.1. The molecule has 2 N–H and O–H groups in total. The highest BCUT2D eigenvalue weighted by molar-refractivity contribution is 5.81. The van der Waals surface area contributed by atoms with Gasteiger partial charge in [-0.25, -0.2) is 8.78 Å². The molecule has 0 aliphatic carbocycles. The summed E-state index contributed by atoms with van der Waals surface area (Å²) in [4.78, 5) is 16.0. The van der Waals surface area contributed by atoms with Gasteiger partial charge in [0.25, 0.3) is 0 Å². The van der Waals surface area contributed by atoms with Crippen LogP contribution in [0.4, 0.5) is 8.78 Å². The zero-order valence-electron chi connectivity index (χ0n) is 13.8. The van der Waals surface area contributed by atoms with Crippen molar-refractivity contribution in [2.24, 2.45) is 5.73 Å². The minimum Gasteiger partial charge on any atom is -0.339 e. The first kappa shape index (κ1) is 17.8. The summed E-state index contributed by atoms with van der Waals surface area (Å²) in [6.07, 6.45) is 1.35. The van der Waals surface area contributed by atoms with Crippen LogP contribution >= 0.6 is 0 Å². The molecule has 23 heavy (non-hydrogen) atoms. The van der Waals surface area contributed by atoms with Gasteiger partial charge in [0.2, 0.25) is 5.91 Å². The largest absolute Gasteiger partial charge is 0.339 e. The Balaban J connectivity index is 2.04. The number of carbonyl (C=O) groups excluding carboxylic acids is 1. The van der Waals surface area contributed by atoms with E-state index in [1.54, 1.807) is 4.90 Å². The van der Waals surface area contributed by atoms with Crippen molar-refractivity contribution in [1.29, 1.82) is 0 Å². The summed E-state index contributed by atoms with van der Waals surface area (Å²) >= 11 is 0. The van der Waals surface area contributed by atoms with E-state index in [0.29, 0.717) is 38.2 Å². The number of nitrogens with zero attached hydrogens (tertiary/aromatic N) is 2. The first-order chi connectivity index (χ1) is 11.0. The molecule has 128 valence electrons. The number of piperazine rings is 1. The number of nitrogens with two attached hydrogens (primary N) is 1. The Hall–Kier alpha value is -1.53. The lowest BCUT2D eigenvalue weighted by Gasteiger charge is -2.40. The Kier molecular flexibility index (Phi) is 6.07. The standard InChI is InChI=1S/C17H25F2N3O/c1-3-15(20)17(23)22-9-7-21(8-10-22)16(4-2)13-6-5-12(18)11-14(13)19/h5-6,11,15-16H,3-4,7-10,20H2,1-2H3/t15-,16?/m0/s1. The van der Waals surface area contributed by atoms with Crippen molar-refractivity contribution < 1.29 is 13.6 Å². The number of hydrogen-bond donors (Lipinski definition) is 1. The van der Waals surface area contributed by atoms with E-state index in [2.05, 4.69) is 4.90 Å². The van der Waals surface area contributed by atoms with Crippen molar-refractivity contribution in [3.05, 3.63) is 35.4 Å². The summed E-state index contributed by atoms with van der Waals surface area (Å²) in [5.74, 6) is -1.10. The van der Waals surface area contributed by atoms with Gasteiger partial charge < -0.3 is 10.6 Å². The van der Waals surface area contributed by atoms with Crippen molar-refractivity contribution in [2.75, 3.05) is 26.2 Å². The molecular formula is C17H25F2N3O. The lowest BCUT2D eigenvalue weighted by atomic mass is 10.0. The second kappa shape index (κ2) is 7.84. The second-order valence-corrected chi connectivity index (χ2v) is 5.97. The molecule has 1 aliphatic heterocycles. The average molecular weight is 325 g/mol. The minimum absolute atomic E-state index is 0.0202. The predicted octanol–water partition coefficient (Wildman–Crippen LogP) is 2.30. The van der Waals surface area contributed by atoms with Gasteiger partial charge in [0.05, 0.1) is 6.04 Å². The molecule has 1 amide bonds. The monoisotopic (exact) mass is 325 g/mol. The van der Waals surface area contributed by atoms with E-state index in [1.807, 2.05) is 13.8 Å². The molecule has 1 saturated heterocycles. The van der Waals surface area contributed by atoms with Crippen LogP contribution in [0.2, 0.25) is 0 Å². The summed E-state index contributed by atoms with van der Waals surface area (Å²) < 4.78 is 27.1. The molecule has 2 atom stereocenters. The number of halogens is 2. The summed E-state index contributed by atoms with van der Waals surface area (Å²) in [7, 11) is 0. The highest BCUT2D eigenvalue weighted by atomic mass is 19.1. The lowest BCUT2D eigenvalue weighted by Crippen LogP contribution is -2.53. The van der Waals surface area contributed by atoms with Gasteiger partial charge in [-0.05, 0) is 18.9 Å². The van der Waals surface area contributed by atoms with Crippen LogP contribution in [0, 0.1) is 11.6 Å². The Morgan fingerprint density at radius 1 is 1.17 bits per heavy atom. The third kappa shape index (κ3) is 4.06. The van der Waals surface area contributed by atoms with Gasteiger partial charge in [-0.3, -0.25) is 9.69 Å². The topological polar surface area (TPSA) is 49.6 Å². The maximum atomic E-state index is 14.1. The molecule has 2 rings (SSSR count). The van der Waals surface area contributed by atoms with E-state index in [0.717, 1.165) is 12.5 Å². The molecule has 0 bridgehead atoms. The number of carbonyl (C=O) groups is 1.